The predicted molar refractivity (Wildman–Crippen MR) is 119 cm³/mol. The van der Waals surface area contributed by atoms with Crippen LogP contribution in [-0.4, -0.2) is 15.9 Å². The van der Waals surface area contributed by atoms with Crippen LogP contribution >= 0.6 is 0 Å². The first-order chi connectivity index (χ1) is 14.5. The lowest BCUT2D eigenvalue weighted by Gasteiger charge is -2.13. The molecule has 5 heteroatoms. The van der Waals surface area contributed by atoms with Gasteiger partial charge < -0.3 is 11.1 Å². The molecular weight excluding hydrogens is 372 g/mol. The number of carbonyl (C=O) groups excluding carboxylic acids is 1. The smallest absolute Gasteiger partial charge is 0.255 e. The minimum atomic E-state index is -0.160. The molecule has 5 nitrogen and oxygen atoms in total. The first-order valence-electron chi connectivity index (χ1n) is 9.79. The number of fused-ring (bicyclic) bond motifs is 1. The monoisotopic (exact) mass is 394 g/mol. The van der Waals surface area contributed by atoms with E-state index in [1.165, 1.54) is 11.1 Å². The SMILES string of the molecule is Cc1ccc(C(=O)Nc2ccc3c(c2)CC=CC3)cc1C#Cc1cnc(N)c(C)n1. The number of hydrogen-bond donors (Lipinski definition) is 2. The number of amides is 1. The average Bonchev–Trinajstić information content (AvgIpc) is 2.75. The Morgan fingerprint density at radius 2 is 1.83 bits per heavy atom. The summed E-state index contributed by atoms with van der Waals surface area (Å²) in [7, 11) is 0. The lowest BCUT2D eigenvalue weighted by molar-refractivity contribution is 0.102. The zero-order valence-corrected chi connectivity index (χ0v) is 17.0. The van der Waals surface area contributed by atoms with E-state index in [-0.39, 0.29) is 5.91 Å². The van der Waals surface area contributed by atoms with Crippen molar-refractivity contribution in [2.75, 3.05) is 11.1 Å². The number of nitrogens with one attached hydrogen (secondary N) is 1. The summed E-state index contributed by atoms with van der Waals surface area (Å²) in [6.45, 7) is 3.75. The number of hydrogen-bond acceptors (Lipinski definition) is 4. The standard InChI is InChI=1S/C25H22N4O/c1-16-7-8-21(13-19(16)10-12-23-15-27-24(26)17(2)28-23)25(30)29-22-11-9-18-5-3-4-6-20(18)14-22/h3-4,7-9,11,13-15H,5-6H2,1-2H3,(H2,26,27)(H,29,30). The third-order valence-corrected chi connectivity index (χ3v) is 5.12. The average molecular weight is 394 g/mol. The van der Waals surface area contributed by atoms with Crippen LogP contribution in [0.2, 0.25) is 0 Å². The van der Waals surface area contributed by atoms with Gasteiger partial charge in [-0.25, -0.2) is 9.97 Å². The Balaban J connectivity index is 1.55. The minimum absolute atomic E-state index is 0.160. The van der Waals surface area contributed by atoms with Gasteiger partial charge in [-0.1, -0.05) is 30.2 Å². The Hall–Kier alpha value is -3.91. The molecule has 3 N–H and O–H groups in total. The Bertz CT molecular complexity index is 1230. The fraction of sp³-hybridized carbons (Fsp3) is 0.160. The van der Waals surface area contributed by atoms with E-state index >= 15 is 0 Å². The van der Waals surface area contributed by atoms with Crippen molar-refractivity contribution in [3.05, 3.63) is 94.0 Å². The number of benzene rings is 2. The van der Waals surface area contributed by atoms with Crippen LogP contribution in [0.15, 0.2) is 54.7 Å². The molecule has 1 amide bonds. The van der Waals surface area contributed by atoms with Gasteiger partial charge in [0.05, 0.1) is 11.9 Å². The number of carbonyl (C=O) groups is 1. The highest BCUT2D eigenvalue weighted by atomic mass is 16.1. The summed E-state index contributed by atoms with van der Waals surface area (Å²) in [5.74, 6) is 6.33. The molecule has 1 aliphatic carbocycles. The first-order valence-corrected chi connectivity index (χ1v) is 9.79. The second kappa shape index (κ2) is 8.22. The summed E-state index contributed by atoms with van der Waals surface area (Å²) in [6.07, 6.45) is 7.73. The lowest BCUT2D eigenvalue weighted by atomic mass is 9.96. The van der Waals surface area contributed by atoms with Gasteiger partial charge in [-0.05, 0) is 73.6 Å². The van der Waals surface area contributed by atoms with Gasteiger partial charge >= 0.3 is 0 Å². The molecule has 2 aromatic carbocycles. The highest BCUT2D eigenvalue weighted by Gasteiger charge is 2.11. The Labute approximate surface area is 176 Å². The largest absolute Gasteiger partial charge is 0.382 e. The summed E-state index contributed by atoms with van der Waals surface area (Å²) < 4.78 is 0. The maximum absolute atomic E-state index is 12.8. The number of nitrogens with two attached hydrogens (primary N) is 1. The molecule has 0 aliphatic heterocycles. The number of aromatic nitrogens is 2. The third kappa shape index (κ3) is 4.23. The third-order valence-electron chi connectivity index (χ3n) is 5.12. The number of nitrogens with zero attached hydrogens (tertiary/aromatic N) is 2. The van der Waals surface area contributed by atoms with Gasteiger partial charge in [0.1, 0.15) is 11.5 Å². The molecule has 1 heterocycles. The molecule has 0 bridgehead atoms. The molecular formula is C25H22N4O. The van der Waals surface area contributed by atoms with E-state index in [9.17, 15) is 4.79 Å². The maximum Gasteiger partial charge on any atom is 0.255 e. The van der Waals surface area contributed by atoms with Crippen molar-refractivity contribution < 1.29 is 4.79 Å². The van der Waals surface area contributed by atoms with E-state index in [1.54, 1.807) is 19.2 Å². The molecule has 0 saturated carbocycles. The Morgan fingerprint density at radius 3 is 2.63 bits per heavy atom. The van der Waals surface area contributed by atoms with Gasteiger partial charge in [-0.3, -0.25) is 4.79 Å². The highest BCUT2D eigenvalue weighted by molar-refractivity contribution is 6.04. The molecule has 1 aliphatic rings. The molecule has 0 saturated heterocycles. The van der Waals surface area contributed by atoms with Crippen LogP contribution in [0.5, 0.6) is 0 Å². The summed E-state index contributed by atoms with van der Waals surface area (Å²) in [4.78, 5) is 21.2. The van der Waals surface area contributed by atoms with Crippen LogP contribution in [0, 0.1) is 25.7 Å². The van der Waals surface area contributed by atoms with Gasteiger partial charge in [0.25, 0.3) is 5.91 Å². The van der Waals surface area contributed by atoms with Gasteiger partial charge in [-0.15, -0.1) is 0 Å². The zero-order chi connectivity index (χ0) is 21.1. The van der Waals surface area contributed by atoms with Gasteiger partial charge in [0, 0.05) is 16.8 Å². The van der Waals surface area contributed by atoms with Crippen molar-refractivity contribution in [1.82, 2.24) is 9.97 Å². The molecule has 0 radical (unpaired) electrons. The van der Waals surface area contributed by atoms with Crippen molar-refractivity contribution in [1.29, 1.82) is 0 Å². The number of aryl methyl sites for hydroxylation is 2. The van der Waals surface area contributed by atoms with Crippen molar-refractivity contribution in [2.24, 2.45) is 0 Å². The highest BCUT2D eigenvalue weighted by Crippen LogP contribution is 2.22. The molecule has 0 atom stereocenters. The maximum atomic E-state index is 12.8. The number of allylic oxidation sites excluding steroid dienone is 2. The summed E-state index contributed by atoms with van der Waals surface area (Å²) in [5, 5.41) is 3.00. The van der Waals surface area contributed by atoms with Crippen molar-refractivity contribution in [2.45, 2.75) is 26.7 Å². The molecule has 0 unspecified atom stereocenters. The van der Waals surface area contributed by atoms with Crippen molar-refractivity contribution in [3.63, 3.8) is 0 Å². The molecule has 4 rings (SSSR count). The van der Waals surface area contributed by atoms with Gasteiger partial charge in [0.2, 0.25) is 0 Å². The van der Waals surface area contributed by atoms with Gasteiger partial charge in [0.15, 0.2) is 0 Å². The molecule has 3 aromatic rings. The van der Waals surface area contributed by atoms with E-state index in [2.05, 4.69) is 45.3 Å². The van der Waals surface area contributed by atoms with Crippen molar-refractivity contribution >= 4 is 17.4 Å². The first kappa shape index (κ1) is 19.4. The minimum Gasteiger partial charge on any atom is -0.382 e. The van der Waals surface area contributed by atoms with E-state index in [0.717, 1.165) is 29.7 Å². The van der Waals surface area contributed by atoms with Crippen molar-refractivity contribution in [3.8, 4) is 11.8 Å². The number of nitrogen functional groups attached to an aromatic ring is 1. The summed E-state index contributed by atoms with van der Waals surface area (Å²) >= 11 is 0. The van der Waals surface area contributed by atoms with E-state index in [4.69, 9.17) is 5.73 Å². The summed E-state index contributed by atoms with van der Waals surface area (Å²) in [6, 6.07) is 11.6. The molecule has 0 spiro atoms. The quantitative estimate of drug-likeness (QED) is 0.509. The van der Waals surface area contributed by atoms with Crippen LogP contribution in [0.3, 0.4) is 0 Å². The van der Waals surface area contributed by atoms with E-state index in [0.29, 0.717) is 22.8 Å². The molecule has 1 aromatic heterocycles. The normalized spacial score (nSPS) is 11.9. The summed E-state index contributed by atoms with van der Waals surface area (Å²) in [5.41, 5.74) is 12.6. The Kier molecular flexibility index (Phi) is 5.32. The van der Waals surface area contributed by atoms with E-state index in [1.807, 2.05) is 31.2 Å². The molecule has 0 fully saturated rings. The van der Waals surface area contributed by atoms with Crippen LogP contribution in [0.4, 0.5) is 11.5 Å². The Morgan fingerprint density at radius 1 is 1.03 bits per heavy atom. The number of anilines is 2. The number of rotatable bonds is 2. The fourth-order valence-electron chi connectivity index (χ4n) is 3.30. The second-order valence-electron chi connectivity index (χ2n) is 7.32. The predicted octanol–water partition coefficient (Wildman–Crippen LogP) is 3.98. The topological polar surface area (TPSA) is 80.9 Å². The van der Waals surface area contributed by atoms with Crippen LogP contribution in [0.25, 0.3) is 0 Å². The fourth-order valence-corrected chi connectivity index (χ4v) is 3.30. The van der Waals surface area contributed by atoms with Crippen LogP contribution in [0.1, 0.15) is 44.0 Å². The van der Waals surface area contributed by atoms with E-state index < -0.39 is 0 Å². The molecule has 30 heavy (non-hydrogen) atoms. The van der Waals surface area contributed by atoms with Crippen LogP contribution < -0.4 is 11.1 Å². The second-order valence-corrected chi connectivity index (χ2v) is 7.32. The lowest BCUT2D eigenvalue weighted by Crippen LogP contribution is -2.13. The van der Waals surface area contributed by atoms with Crippen LogP contribution in [-0.2, 0) is 12.8 Å². The van der Waals surface area contributed by atoms with Gasteiger partial charge in [-0.2, -0.15) is 0 Å². The zero-order valence-electron chi connectivity index (χ0n) is 17.0. The molecule has 148 valence electrons.